The summed E-state index contributed by atoms with van der Waals surface area (Å²) in [5.41, 5.74) is 2.74. The lowest BCUT2D eigenvalue weighted by Gasteiger charge is -2.33. The number of carbonyl (C=O) groups excluding carboxylic acids is 1. The molecule has 3 nitrogen and oxygen atoms in total. The number of amides is 1. The van der Waals surface area contributed by atoms with E-state index >= 15 is 0 Å². The van der Waals surface area contributed by atoms with Gasteiger partial charge >= 0.3 is 0 Å². The van der Waals surface area contributed by atoms with Crippen molar-refractivity contribution < 1.29 is 4.79 Å². The Morgan fingerprint density at radius 1 is 1.42 bits per heavy atom. The number of rotatable bonds is 5. The van der Waals surface area contributed by atoms with Gasteiger partial charge in [0.2, 0.25) is 5.91 Å². The van der Waals surface area contributed by atoms with Crippen LogP contribution in [0.4, 0.5) is 0 Å². The molecule has 0 aromatic heterocycles. The van der Waals surface area contributed by atoms with Gasteiger partial charge in [-0.05, 0) is 43.4 Å². The molecule has 0 bridgehead atoms. The topological polar surface area (TPSA) is 32.3 Å². The second-order valence-corrected chi connectivity index (χ2v) is 5.29. The summed E-state index contributed by atoms with van der Waals surface area (Å²) in [6, 6.07) is 8.77. The summed E-state index contributed by atoms with van der Waals surface area (Å²) < 4.78 is 0. The zero-order valence-corrected chi connectivity index (χ0v) is 12.0. The van der Waals surface area contributed by atoms with Crippen LogP contribution in [0, 0.1) is 0 Å². The largest absolute Gasteiger partial charge is 0.338 e. The number of benzene rings is 1. The van der Waals surface area contributed by atoms with Crippen LogP contribution in [0.2, 0.25) is 0 Å². The fourth-order valence-corrected chi connectivity index (χ4v) is 2.80. The minimum atomic E-state index is 0.190. The summed E-state index contributed by atoms with van der Waals surface area (Å²) >= 11 is 0. The van der Waals surface area contributed by atoms with Crippen molar-refractivity contribution in [3.8, 4) is 0 Å². The standard InChI is InChI=1S/C16H24N2O/c1-3-11-17-12-16(19)18(2)15-10-6-8-13-7-4-5-9-14(13)15/h4-5,7,9,15,17H,3,6,8,10-12H2,1-2H3. The molecule has 1 aromatic rings. The predicted molar refractivity (Wildman–Crippen MR) is 78.1 cm³/mol. The molecule has 0 aliphatic heterocycles. The molecule has 1 amide bonds. The summed E-state index contributed by atoms with van der Waals surface area (Å²) in [6.07, 6.45) is 4.45. The molecule has 1 atom stereocenters. The predicted octanol–water partition coefficient (Wildman–Crippen LogP) is 2.52. The lowest BCUT2D eigenvalue weighted by Crippen LogP contribution is -2.39. The number of carbonyl (C=O) groups is 1. The average molecular weight is 260 g/mol. The van der Waals surface area contributed by atoms with Crippen LogP contribution < -0.4 is 5.32 Å². The summed E-state index contributed by atoms with van der Waals surface area (Å²) in [5.74, 6) is 0.190. The van der Waals surface area contributed by atoms with Gasteiger partial charge < -0.3 is 10.2 Å². The van der Waals surface area contributed by atoms with Crippen LogP contribution in [0.25, 0.3) is 0 Å². The zero-order valence-electron chi connectivity index (χ0n) is 12.0. The highest BCUT2D eigenvalue weighted by molar-refractivity contribution is 5.78. The van der Waals surface area contributed by atoms with E-state index in [9.17, 15) is 4.79 Å². The Kier molecular flexibility index (Phi) is 4.97. The number of fused-ring (bicyclic) bond motifs is 1. The molecule has 3 heteroatoms. The monoisotopic (exact) mass is 260 g/mol. The number of nitrogens with one attached hydrogen (secondary N) is 1. The van der Waals surface area contributed by atoms with Crippen LogP contribution in [0.1, 0.15) is 43.4 Å². The highest BCUT2D eigenvalue weighted by atomic mass is 16.2. The Hall–Kier alpha value is -1.35. The van der Waals surface area contributed by atoms with E-state index in [4.69, 9.17) is 0 Å². The van der Waals surface area contributed by atoms with Crippen LogP contribution in [0.15, 0.2) is 24.3 Å². The lowest BCUT2D eigenvalue weighted by molar-refractivity contribution is -0.131. The van der Waals surface area contributed by atoms with Gasteiger partial charge in [0, 0.05) is 7.05 Å². The second-order valence-electron chi connectivity index (χ2n) is 5.29. The van der Waals surface area contributed by atoms with Crippen molar-refractivity contribution in [1.82, 2.24) is 10.2 Å². The van der Waals surface area contributed by atoms with Crippen molar-refractivity contribution >= 4 is 5.91 Å². The molecule has 0 fully saturated rings. The molecule has 0 radical (unpaired) electrons. The van der Waals surface area contributed by atoms with Crippen molar-refractivity contribution in [2.45, 2.75) is 38.6 Å². The fraction of sp³-hybridized carbons (Fsp3) is 0.562. The number of likely N-dealkylation sites (N-methyl/N-ethyl adjacent to an activating group) is 1. The van der Waals surface area contributed by atoms with Crippen molar-refractivity contribution in [1.29, 1.82) is 0 Å². The summed E-state index contributed by atoms with van der Waals surface area (Å²) in [6.45, 7) is 3.46. The molecular formula is C16H24N2O. The summed E-state index contributed by atoms with van der Waals surface area (Å²) in [5, 5.41) is 3.19. The SMILES string of the molecule is CCCNCC(=O)N(C)C1CCCc2ccccc21. The summed E-state index contributed by atoms with van der Waals surface area (Å²) in [7, 11) is 1.93. The molecule has 0 saturated carbocycles. The van der Waals surface area contributed by atoms with E-state index in [-0.39, 0.29) is 11.9 Å². The zero-order chi connectivity index (χ0) is 13.7. The van der Waals surface area contributed by atoms with Crippen molar-refractivity contribution in [2.75, 3.05) is 20.1 Å². The molecule has 1 aromatic carbocycles. The van der Waals surface area contributed by atoms with Crippen LogP contribution in [0.5, 0.6) is 0 Å². The third kappa shape index (κ3) is 3.35. The van der Waals surface area contributed by atoms with Crippen molar-refractivity contribution in [2.24, 2.45) is 0 Å². The highest BCUT2D eigenvalue weighted by Crippen LogP contribution is 2.33. The van der Waals surface area contributed by atoms with Gasteiger partial charge in [-0.25, -0.2) is 0 Å². The lowest BCUT2D eigenvalue weighted by atomic mass is 9.87. The third-order valence-corrected chi connectivity index (χ3v) is 3.90. The number of aryl methyl sites for hydroxylation is 1. The van der Waals surface area contributed by atoms with Crippen LogP contribution in [0.3, 0.4) is 0 Å². The van der Waals surface area contributed by atoms with Crippen LogP contribution in [-0.2, 0) is 11.2 Å². The molecule has 1 aliphatic carbocycles. The maximum absolute atomic E-state index is 12.2. The van der Waals surface area contributed by atoms with E-state index in [1.54, 1.807) is 0 Å². The molecule has 0 saturated heterocycles. The molecular weight excluding hydrogens is 236 g/mol. The molecule has 104 valence electrons. The molecule has 1 aliphatic rings. The van der Waals surface area contributed by atoms with Crippen molar-refractivity contribution in [3.05, 3.63) is 35.4 Å². The molecule has 1 N–H and O–H groups in total. The Morgan fingerprint density at radius 3 is 3.00 bits per heavy atom. The molecule has 2 rings (SSSR count). The van der Waals surface area contributed by atoms with E-state index in [2.05, 4.69) is 36.5 Å². The van der Waals surface area contributed by atoms with E-state index < -0.39 is 0 Å². The first kappa shape index (κ1) is 14.1. The highest BCUT2D eigenvalue weighted by Gasteiger charge is 2.25. The third-order valence-electron chi connectivity index (χ3n) is 3.90. The Balaban J connectivity index is 2.04. The number of hydrogen-bond acceptors (Lipinski definition) is 2. The molecule has 19 heavy (non-hydrogen) atoms. The summed E-state index contributed by atoms with van der Waals surface area (Å²) in [4.78, 5) is 14.1. The smallest absolute Gasteiger partial charge is 0.236 e. The van der Waals surface area contributed by atoms with Gasteiger partial charge in [-0.2, -0.15) is 0 Å². The Labute approximate surface area is 116 Å². The normalized spacial score (nSPS) is 17.9. The van der Waals surface area contributed by atoms with Gasteiger partial charge in [0.25, 0.3) is 0 Å². The van der Waals surface area contributed by atoms with Gasteiger partial charge in [-0.3, -0.25) is 4.79 Å². The van der Waals surface area contributed by atoms with Crippen LogP contribution >= 0.6 is 0 Å². The van der Waals surface area contributed by atoms with Gasteiger partial charge in [-0.1, -0.05) is 31.2 Å². The Bertz CT molecular complexity index is 431. The van der Waals surface area contributed by atoms with Gasteiger partial charge in [-0.15, -0.1) is 0 Å². The minimum Gasteiger partial charge on any atom is -0.338 e. The fourth-order valence-electron chi connectivity index (χ4n) is 2.80. The molecule has 1 unspecified atom stereocenters. The number of hydrogen-bond donors (Lipinski definition) is 1. The Morgan fingerprint density at radius 2 is 2.21 bits per heavy atom. The molecule has 0 heterocycles. The first-order valence-corrected chi connectivity index (χ1v) is 7.28. The average Bonchev–Trinajstić information content (AvgIpc) is 2.46. The maximum Gasteiger partial charge on any atom is 0.236 e. The van der Waals surface area contributed by atoms with Gasteiger partial charge in [0.1, 0.15) is 0 Å². The van der Waals surface area contributed by atoms with Crippen LogP contribution in [-0.4, -0.2) is 30.9 Å². The van der Waals surface area contributed by atoms with Gasteiger partial charge in [0.15, 0.2) is 0 Å². The van der Waals surface area contributed by atoms with Gasteiger partial charge in [0.05, 0.1) is 12.6 Å². The van der Waals surface area contributed by atoms with E-state index in [1.165, 1.54) is 17.5 Å². The molecule has 0 spiro atoms. The second kappa shape index (κ2) is 6.71. The van der Waals surface area contributed by atoms with Crippen molar-refractivity contribution in [3.63, 3.8) is 0 Å². The maximum atomic E-state index is 12.2. The quantitative estimate of drug-likeness (QED) is 0.825. The first-order valence-electron chi connectivity index (χ1n) is 7.28. The first-order chi connectivity index (χ1) is 9.24. The minimum absolute atomic E-state index is 0.190. The van der Waals surface area contributed by atoms with E-state index in [0.29, 0.717) is 6.54 Å². The van der Waals surface area contributed by atoms with E-state index in [1.807, 2.05) is 11.9 Å². The number of nitrogens with zero attached hydrogens (tertiary/aromatic N) is 1. The van der Waals surface area contributed by atoms with E-state index in [0.717, 1.165) is 25.8 Å².